The molecule has 0 saturated carbocycles. The van der Waals surface area contributed by atoms with Gasteiger partial charge in [-0.15, -0.1) is 0 Å². The van der Waals surface area contributed by atoms with E-state index in [0.29, 0.717) is 19.5 Å². The lowest BCUT2D eigenvalue weighted by atomic mass is 10.1. The summed E-state index contributed by atoms with van der Waals surface area (Å²) in [5.41, 5.74) is 5.15. The van der Waals surface area contributed by atoms with E-state index >= 15 is 0 Å². The second kappa shape index (κ2) is 13.7. The van der Waals surface area contributed by atoms with Crippen molar-refractivity contribution in [2.75, 3.05) is 40.8 Å². The third-order valence-corrected chi connectivity index (χ3v) is 3.57. The molecule has 0 rings (SSSR count). The molecule has 0 heterocycles. The fraction of sp³-hybridized carbons (Fsp3) is 0.800. The van der Waals surface area contributed by atoms with Gasteiger partial charge < -0.3 is 32.3 Å². The van der Waals surface area contributed by atoms with Crippen molar-refractivity contribution in [3.63, 3.8) is 0 Å². The van der Waals surface area contributed by atoms with Crippen molar-refractivity contribution >= 4 is 17.7 Å². The van der Waals surface area contributed by atoms with Gasteiger partial charge in [-0.2, -0.15) is 0 Å². The van der Waals surface area contributed by atoms with Crippen LogP contribution in [-0.2, 0) is 14.4 Å². The van der Waals surface area contributed by atoms with Crippen LogP contribution in [-0.4, -0.2) is 70.6 Å². The molecule has 0 fully saturated rings. The number of nitrogens with one attached hydrogen (secondary N) is 5. The van der Waals surface area contributed by atoms with Gasteiger partial charge in [-0.3, -0.25) is 14.4 Å². The van der Waals surface area contributed by atoms with Crippen LogP contribution in [0, 0.1) is 0 Å². The van der Waals surface area contributed by atoms with Gasteiger partial charge in [0.05, 0.1) is 6.04 Å². The van der Waals surface area contributed by atoms with Gasteiger partial charge in [-0.05, 0) is 47.0 Å². The van der Waals surface area contributed by atoms with Gasteiger partial charge in [0, 0.05) is 19.5 Å². The summed E-state index contributed by atoms with van der Waals surface area (Å²) < 4.78 is 0. The molecule has 0 aliphatic heterocycles. The second-order valence-electron chi connectivity index (χ2n) is 5.55. The number of hydrogen-bond donors (Lipinski definition) is 6. The van der Waals surface area contributed by atoms with E-state index in [1.54, 1.807) is 14.1 Å². The molecule has 24 heavy (non-hydrogen) atoms. The number of amides is 3. The Kier molecular flexibility index (Phi) is 12.7. The van der Waals surface area contributed by atoms with Crippen molar-refractivity contribution in [2.45, 2.75) is 37.8 Å². The first-order chi connectivity index (χ1) is 11.5. The van der Waals surface area contributed by atoms with Crippen LogP contribution in [0.25, 0.3) is 0 Å². The molecule has 0 aromatic rings. The Labute approximate surface area is 143 Å². The maximum absolute atomic E-state index is 12.4. The normalized spacial score (nSPS) is 13.1. The molecule has 140 valence electrons. The highest BCUT2D eigenvalue weighted by molar-refractivity contribution is 5.90. The number of primary amides is 1. The Morgan fingerprint density at radius 2 is 1.54 bits per heavy atom. The molecule has 0 unspecified atom stereocenters. The Morgan fingerprint density at radius 1 is 0.875 bits per heavy atom. The highest BCUT2D eigenvalue weighted by Gasteiger charge is 2.24. The SMILES string of the molecule is CNCCC[C@@H](NC)C(=O)N[C@H](CCC(N)=O)C(=O)NCCNC. The summed E-state index contributed by atoms with van der Waals surface area (Å²) in [6.45, 7) is 1.86. The zero-order valence-electron chi connectivity index (χ0n) is 14.9. The summed E-state index contributed by atoms with van der Waals surface area (Å²) in [4.78, 5) is 35.5. The molecule has 0 spiro atoms. The first kappa shape index (κ1) is 22.3. The van der Waals surface area contributed by atoms with Crippen molar-refractivity contribution in [1.29, 1.82) is 0 Å². The number of likely N-dealkylation sites (N-methyl/N-ethyl adjacent to an activating group) is 2. The van der Waals surface area contributed by atoms with Crippen LogP contribution < -0.4 is 32.3 Å². The number of carbonyl (C=O) groups excluding carboxylic acids is 3. The van der Waals surface area contributed by atoms with E-state index in [0.717, 1.165) is 13.0 Å². The molecular weight excluding hydrogens is 312 g/mol. The summed E-state index contributed by atoms with van der Waals surface area (Å²) in [5.74, 6) is -1.08. The lowest BCUT2D eigenvalue weighted by Crippen LogP contribution is -2.53. The second-order valence-corrected chi connectivity index (χ2v) is 5.55. The van der Waals surface area contributed by atoms with Crippen molar-refractivity contribution in [3.05, 3.63) is 0 Å². The molecule has 9 heteroatoms. The third kappa shape index (κ3) is 10.1. The number of rotatable bonds is 14. The van der Waals surface area contributed by atoms with Crippen LogP contribution in [0.15, 0.2) is 0 Å². The molecule has 9 nitrogen and oxygen atoms in total. The van der Waals surface area contributed by atoms with Crippen LogP contribution in [0.2, 0.25) is 0 Å². The predicted molar refractivity (Wildman–Crippen MR) is 93.3 cm³/mol. The quantitative estimate of drug-likeness (QED) is 0.195. The van der Waals surface area contributed by atoms with E-state index in [4.69, 9.17) is 5.73 Å². The topological polar surface area (TPSA) is 137 Å². The van der Waals surface area contributed by atoms with Crippen LogP contribution in [0.1, 0.15) is 25.7 Å². The summed E-state index contributed by atoms with van der Waals surface area (Å²) in [5, 5.41) is 14.3. The zero-order chi connectivity index (χ0) is 18.4. The summed E-state index contributed by atoms with van der Waals surface area (Å²) >= 11 is 0. The van der Waals surface area contributed by atoms with E-state index < -0.39 is 11.9 Å². The van der Waals surface area contributed by atoms with Crippen molar-refractivity contribution in [2.24, 2.45) is 5.73 Å². The van der Waals surface area contributed by atoms with E-state index in [2.05, 4.69) is 26.6 Å². The predicted octanol–water partition coefficient (Wildman–Crippen LogP) is -2.34. The van der Waals surface area contributed by atoms with Crippen molar-refractivity contribution < 1.29 is 14.4 Å². The van der Waals surface area contributed by atoms with Crippen LogP contribution in [0.5, 0.6) is 0 Å². The standard InChI is InChI=1S/C15H32N6O3/c1-17-8-4-5-11(19-3)15(24)21-12(6-7-13(16)22)14(23)20-10-9-18-2/h11-12,17-19H,4-10H2,1-3H3,(H2,16,22)(H,20,23)(H,21,24)/t11-,12-/m1/s1. The smallest absolute Gasteiger partial charge is 0.242 e. The van der Waals surface area contributed by atoms with Gasteiger partial charge in [0.1, 0.15) is 6.04 Å². The van der Waals surface area contributed by atoms with Gasteiger partial charge in [-0.25, -0.2) is 0 Å². The number of hydrogen-bond acceptors (Lipinski definition) is 6. The Balaban J connectivity index is 4.65. The first-order valence-corrected chi connectivity index (χ1v) is 8.29. The molecule has 0 aliphatic carbocycles. The molecule has 0 aromatic heterocycles. The molecule has 0 saturated heterocycles. The monoisotopic (exact) mass is 344 g/mol. The lowest BCUT2D eigenvalue weighted by molar-refractivity contribution is -0.130. The molecule has 7 N–H and O–H groups in total. The summed E-state index contributed by atoms with van der Waals surface area (Å²) in [6, 6.07) is -1.17. The summed E-state index contributed by atoms with van der Waals surface area (Å²) in [7, 11) is 5.33. The van der Waals surface area contributed by atoms with Gasteiger partial charge in [0.2, 0.25) is 17.7 Å². The van der Waals surface area contributed by atoms with Crippen LogP contribution in [0.3, 0.4) is 0 Å². The Bertz CT molecular complexity index is 391. The number of nitrogens with two attached hydrogens (primary N) is 1. The Hall–Kier alpha value is -1.71. The maximum Gasteiger partial charge on any atom is 0.242 e. The van der Waals surface area contributed by atoms with E-state index in [9.17, 15) is 14.4 Å². The van der Waals surface area contributed by atoms with Gasteiger partial charge in [-0.1, -0.05) is 0 Å². The van der Waals surface area contributed by atoms with Gasteiger partial charge >= 0.3 is 0 Å². The number of carbonyl (C=O) groups is 3. The molecule has 0 radical (unpaired) electrons. The van der Waals surface area contributed by atoms with E-state index in [1.165, 1.54) is 0 Å². The van der Waals surface area contributed by atoms with E-state index in [1.807, 2.05) is 7.05 Å². The zero-order valence-corrected chi connectivity index (χ0v) is 14.9. The highest BCUT2D eigenvalue weighted by Crippen LogP contribution is 2.02. The summed E-state index contributed by atoms with van der Waals surface area (Å²) in [6.07, 6.45) is 1.69. The first-order valence-electron chi connectivity index (χ1n) is 8.29. The molecule has 0 aliphatic rings. The molecule has 0 aromatic carbocycles. The average molecular weight is 344 g/mol. The Morgan fingerprint density at radius 3 is 2.08 bits per heavy atom. The average Bonchev–Trinajstić information content (AvgIpc) is 2.55. The van der Waals surface area contributed by atoms with E-state index in [-0.39, 0.29) is 30.7 Å². The fourth-order valence-corrected chi connectivity index (χ4v) is 2.15. The van der Waals surface area contributed by atoms with Crippen LogP contribution >= 0.6 is 0 Å². The molecule has 2 atom stereocenters. The van der Waals surface area contributed by atoms with Crippen LogP contribution in [0.4, 0.5) is 0 Å². The highest BCUT2D eigenvalue weighted by atomic mass is 16.2. The maximum atomic E-state index is 12.4. The van der Waals surface area contributed by atoms with Gasteiger partial charge in [0.15, 0.2) is 0 Å². The minimum atomic E-state index is -0.776. The largest absolute Gasteiger partial charge is 0.370 e. The third-order valence-electron chi connectivity index (χ3n) is 3.57. The molecule has 0 bridgehead atoms. The fourth-order valence-electron chi connectivity index (χ4n) is 2.15. The minimum absolute atomic E-state index is 0.0361. The van der Waals surface area contributed by atoms with Gasteiger partial charge in [0.25, 0.3) is 0 Å². The molecule has 3 amide bonds. The minimum Gasteiger partial charge on any atom is -0.370 e. The van der Waals surface area contributed by atoms with Crippen molar-refractivity contribution in [1.82, 2.24) is 26.6 Å². The molecular formula is C15H32N6O3. The van der Waals surface area contributed by atoms with Crippen molar-refractivity contribution in [3.8, 4) is 0 Å². The lowest BCUT2D eigenvalue weighted by Gasteiger charge is -2.22.